The van der Waals surface area contributed by atoms with E-state index in [9.17, 15) is 4.79 Å². The molecule has 0 atom stereocenters. The number of carbonyl (C=O) groups is 1. The molecule has 2 aromatic rings. The van der Waals surface area contributed by atoms with Gasteiger partial charge in [0.05, 0.1) is 13.7 Å². The zero-order chi connectivity index (χ0) is 19.4. The number of esters is 1. The summed E-state index contributed by atoms with van der Waals surface area (Å²) in [5.74, 6) is 1.44. The number of aliphatic imine (C=N–C) groups is 1. The van der Waals surface area contributed by atoms with Crippen molar-refractivity contribution in [2.24, 2.45) is 4.99 Å². The Kier molecular flexibility index (Phi) is 5.60. The van der Waals surface area contributed by atoms with E-state index < -0.39 is 5.97 Å². The molecular weight excluding hydrogens is 342 g/mol. The fourth-order valence-electron chi connectivity index (χ4n) is 2.80. The lowest BCUT2D eigenvalue weighted by Crippen LogP contribution is -2.05. The van der Waals surface area contributed by atoms with Gasteiger partial charge in [0.2, 0.25) is 5.90 Å². The molecule has 2 aromatic carbocycles. The number of para-hydroxylation sites is 1. The second-order valence-electron chi connectivity index (χ2n) is 6.42. The lowest BCUT2D eigenvalue weighted by atomic mass is 10.0. The minimum absolute atomic E-state index is 0.229. The Bertz CT molecular complexity index is 895. The van der Waals surface area contributed by atoms with Crippen molar-refractivity contribution in [1.82, 2.24) is 0 Å². The Morgan fingerprint density at radius 2 is 1.89 bits per heavy atom. The summed E-state index contributed by atoms with van der Waals surface area (Å²) in [6, 6.07) is 13.4. The third-order valence-corrected chi connectivity index (χ3v) is 4.25. The Morgan fingerprint density at radius 1 is 1.15 bits per heavy atom. The second-order valence-corrected chi connectivity index (χ2v) is 6.42. The van der Waals surface area contributed by atoms with Crippen LogP contribution in [0.2, 0.25) is 0 Å². The van der Waals surface area contributed by atoms with Crippen LogP contribution in [0.5, 0.6) is 11.5 Å². The van der Waals surface area contributed by atoms with Crippen LogP contribution in [0.15, 0.2) is 53.2 Å². The van der Waals surface area contributed by atoms with Gasteiger partial charge in [0.25, 0.3) is 0 Å². The van der Waals surface area contributed by atoms with Gasteiger partial charge in [0.15, 0.2) is 17.2 Å². The van der Waals surface area contributed by atoms with E-state index in [0.29, 0.717) is 35.5 Å². The maximum absolute atomic E-state index is 12.3. The summed E-state index contributed by atoms with van der Waals surface area (Å²) in [7, 11) is 1.58. The zero-order valence-corrected chi connectivity index (χ0v) is 16.0. The molecule has 3 rings (SSSR count). The molecule has 0 spiro atoms. The molecule has 1 aliphatic heterocycles. The fraction of sp³-hybridized carbons (Fsp3) is 0.273. The molecule has 1 heterocycles. The van der Waals surface area contributed by atoms with Gasteiger partial charge in [-0.2, -0.15) is 0 Å². The molecule has 0 aliphatic carbocycles. The van der Waals surface area contributed by atoms with Crippen molar-refractivity contribution in [3.63, 3.8) is 0 Å². The standard InChI is InChI=1S/C22H23NO4/c1-5-26-20-17(7-6-8-19(20)25-4)13-18-22(24)27-21(23-18)16-11-9-15(10-12-16)14(2)3/h6-14H,5H2,1-4H3/b18-13-. The Labute approximate surface area is 159 Å². The number of ether oxygens (including phenoxy) is 3. The van der Waals surface area contributed by atoms with Crippen LogP contribution in [0.3, 0.4) is 0 Å². The average molecular weight is 365 g/mol. The van der Waals surface area contributed by atoms with Crippen molar-refractivity contribution >= 4 is 17.9 Å². The Balaban J connectivity index is 1.94. The molecule has 0 radical (unpaired) electrons. The van der Waals surface area contributed by atoms with E-state index >= 15 is 0 Å². The first-order valence-electron chi connectivity index (χ1n) is 8.96. The maximum atomic E-state index is 12.3. The number of hydrogen-bond donors (Lipinski definition) is 0. The van der Waals surface area contributed by atoms with Crippen molar-refractivity contribution in [1.29, 1.82) is 0 Å². The molecule has 0 N–H and O–H groups in total. The van der Waals surface area contributed by atoms with Gasteiger partial charge in [-0.05, 0) is 42.7 Å². The number of benzene rings is 2. The Hall–Kier alpha value is -3.08. The molecule has 0 unspecified atom stereocenters. The predicted molar refractivity (Wildman–Crippen MR) is 105 cm³/mol. The van der Waals surface area contributed by atoms with Crippen molar-refractivity contribution in [3.8, 4) is 11.5 Å². The van der Waals surface area contributed by atoms with E-state index in [1.165, 1.54) is 5.56 Å². The van der Waals surface area contributed by atoms with Crippen molar-refractivity contribution in [2.75, 3.05) is 13.7 Å². The van der Waals surface area contributed by atoms with Gasteiger partial charge in [-0.25, -0.2) is 9.79 Å². The lowest BCUT2D eigenvalue weighted by molar-refractivity contribution is -0.129. The highest BCUT2D eigenvalue weighted by molar-refractivity contribution is 6.13. The van der Waals surface area contributed by atoms with E-state index in [0.717, 1.165) is 5.56 Å². The summed E-state index contributed by atoms with van der Waals surface area (Å²) in [4.78, 5) is 16.7. The van der Waals surface area contributed by atoms with Crippen LogP contribution in [0.25, 0.3) is 6.08 Å². The van der Waals surface area contributed by atoms with Gasteiger partial charge in [-0.15, -0.1) is 0 Å². The number of nitrogens with zero attached hydrogens (tertiary/aromatic N) is 1. The largest absolute Gasteiger partial charge is 0.493 e. The number of methoxy groups -OCH3 is 1. The highest BCUT2D eigenvalue weighted by Crippen LogP contribution is 2.33. The van der Waals surface area contributed by atoms with E-state index in [-0.39, 0.29) is 5.70 Å². The first kappa shape index (κ1) is 18.7. The molecule has 0 saturated carbocycles. The molecule has 5 nitrogen and oxygen atoms in total. The minimum Gasteiger partial charge on any atom is -0.493 e. The highest BCUT2D eigenvalue weighted by Gasteiger charge is 2.25. The fourth-order valence-corrected chi connectivity index (χ4v) is 2.80. The molecule has 27 heavy (non-hydrogen) atoms. The molecule has 0 bridgehead atoms. The van der Waals surface area contributed by atoms with Gasteiger partial charge >= 0.3 is 5.97 Å². The molecule has 0 amide bonds. The predicted octanol–water partition coefficient (Wildman–Crippen LogP) is 4.56. The number of hydrogen-bond acceptors (Lipinski definition) is 5. The van der Waals surface area contributed by atoms with Crippen molar-refractivity contribution < 1.29 is 19.0 Å². The molecule has 0 fully saturated rings. The van der Waals surface area contributed by atoms with Crippen LogP contribution in [0.1, 0.15) is 43.4 Å². The van der Waals surface area contributed by atoms with Crippen LogP contribution >= 0.6 is 0 Å². The number of carbonyl (C=O) groups excluding carboxylic acids is 1. The summed E-state index contributed by atoms with van der Waals surface area (Å²) in [6.45, 7) is 6.64. The lowest BCUT2D eigenvalue weighted by Gasteiger charge is -2.11. The van der Waals surface area contributed by atoms with Crippen LogP contribution in [0, 0.1) is 0 Å². The highest BCUT2D eigenvalue weighted by atomic mass is 16.6. The van der Waals surface area contributed by atoms with Crippen LogP contribution in [-0.2, 0) is 9.53 Å². The van der Waals surface area contributed by atoms with Crippen molar-refractivity contribution in [3.05, 3.63) is 64.9 Å². The third kappa shape index (κ3) is 4.03. The van der Waals surface area contributed by atoms with E-state index in [2.05, 4.69) is 18.8 Å². The first-order valence-corrected chi connectivity index (χ1v) is 8.96. The summed E-state index contributed by atoms with van der Waals surface area (Å²) >= 11 is 0. The SMILES string of the molecule is CCOc1c(/C=C2\N=C(c3ccc(C(C)C)cc3)OC2=O)cccc1OC. The third-order valence-electron chi connectivity index (χ3n) is 4.25. The van der Waals surface area contributed by atoms with Gasteiger partial charge in [0, 0.05) is 11.1 Å². The van der Waals surface area contributed by atoms with Crippen LogP contribution in [0.4, 0.5) is 0 Å². The van der Waals surface area contributed by atoms with Gasteiger partial charge in [0.1, 0.15) is 0 Å². The zero-order valence-electron chi connectivity index (χ0n) is 16.0. The molecule has 5 heteroatoms. The normalized spacial score (nSPS) is 15.1. The molecule has 0 saturated heterocycles. The smallest absolute Gasteiger partial charge is 0.363 e. The number of rotatable bonds is 6. The maximum Gasteiger partial charge on any atom is 0.363 e. The van der Waals surface area contributed by atoms with Gasteiger partial charge in [-0.3, -0.25) is 0 Å². The monoisotopic (exact) mass is 365 g/mol. The van der Waals surface area contributed by atoms with E-state index in [1.807, 2.05) is 49.4 Å². The molecule has 140 valence electrons. The summed E-state index contributed by atoms with van der Waals surface area (Å²) < 4.78 is 16.4. The summed E-state index contributed by atoms with van der Waals surface area (Å²) in [6.07, 6.45) is 1.66. The summed E-state index contributed by atoms with van der Waals surface area (Å²) in [5.41, 5.74) is 2.93. The quantitative estimate of drug-likeness (QED) is 0.556. The van der Waals surface area contributed by atoms with Crippen LogP contribution in [-0.4, -0.2) is 25.6 Å². The van der Waals surface area contributed by atoms with Gasteiger partial charge < -0.3 is 14.2 Å². The van der Waals surface area contributed by atoms with Gasteiger partial charge in [-0.1, -0.05) is 38.1 Å². The molecule has 1 aliphatic rings. The second kappa shape index (κ2) is 8.08. The summed E-state index contributed by atoms with van der Waals surface area (Å²) in [5, 5.41) is 0. The molecule has 0 aromatic heterocycles. The van der Waals surface area contributed by atoms with E-state index in [4.69, 9.17) is 14.2 Å². The first-order chi connectivity index (χ1) is 13.0. The number of cyclic esters (lactones) is 1. The molecular formula is C22H23NO4. The average Bonchev–Trinajstić information content (AvgIpc) is 3.04. The minimum atomic E-state index is -0.483. The van der Waals surface area contributed by atoms with E-state index in [1.54, 1.807) is 13.2 Å². The van der Waals surface area contributed by atoms with Crippen LogP contribution < -0.4 is 9.47 Å². The van der Waals surface area contributed by atoms with Crippen molar-refractivity contribution in [2.45, 2.75) is 26.7 Å². The Morgan fingerprint density at radius 3 is 2.52 bits per heavy atom. The topological polar surface area (TPSA) is 57.1 Å².